The van der Waals surface area contributed by atoms with Crippen LogP contribution in [0.3, 0.4) is 0 Å². The SMILES string of the molecule is CC(=O)Nc1nc2c(ncn2[C@H]2C[C@H](O)[C@@H](CO)O2)c(=O)n1C(C)c1ccccc1[N+](=O)[O-]. The van der Waals surface area contributed by atoms with E-state index in [0.29, 0.717) is 0 Å². The lowest BCUT2D eigenvalue weighted by molar-refractivity contribution is -0.385. The van der Waals surface area contributed by atoms with Crippen LogP contribution in [0.4, 0.5) is 11.6 Å². The number of amides is 1. The number of fused-ring (bicyclic) bond motifs is 1. The number of nitrogens with zero attached hydrogens (tertiary/aromatic N) is 5. The van der Waals surface area contributed by atoms with Crippen LogP contribution in [0.2, 0.25) is 0 Å². The molecule has 4 rings (SSSR count). The molecule has 1 saturated heterocycles. The first-order valence-corrected chi connectivity index (χ1v) is 10.2. The van der Waals surface area contributed by atoms with Crippen molar-refractivity contribution in [2.24, 2.45) is 0 Å². The second-order valence-electron chi connectivity index (χ2n) is 7.72. The van der Waals surface area contributed by atoms with Gasteiger partial charge in [0.05, 0.1) is 35.6 Å². The van der Waals surface area contributed by atoms with Gasteiger partial charge in [-0.2, -0.15) is 4.98 Å². The number of para-hydroxylation sites is 1. The van der Waals surface area contributed by atoms with E-state index < -0.39 is 40.9 Å². The molecule has 0 bridgehead atoms. The van der Waals surface area contributed by atoms with Gasteiger partial charge in [0.25, 0.3) is 11.2 Å². The van der Waals surface area contributed by atoms with Crippen LogP contribution in [-0.4, -0.2) is 59.0 Å². The number of hydrogen-bond donors (Lipinski definition) is 3. The zero-order chi connectivity index (χ0) is 23.9. The molecular formula is C20H22N6O7. The fourth-order valence-corrected chi connectivity index (χ4v) is 3.99. The third kappa shape index (κ3) is 3.97. The molecule has 174 valence electrons. The van der Waals surface area contributed by atoms with Gasteiger partial charge in [-0.15, -0.1) is 0 Å². The number of aromatic nitrogens is 4. The minimum absolute atomic E-state index is 0.0416. The van der Waals surface area contributed by atoms with Crippen LogP contribution >= 0.6 is 0 Å². The lowest BCUT2D eigenvalue weighted by atomic mass is 10.1. The Morgan fingerprint density at radius 1 is 1.42 bits per heavy atom. The molecule has 3 heterocycles. The molecule has 1 aliphatic heterocycles. The van der Waals surface area contributed by atoms with Crippen molar-refractivity contribution in [3.63, 3.8) is 0 Å². The van der Waals surface area contributed by atoms with Gasteiger partial charge < -0.3 is 14.9 Å². The second-order valence-corrected chi connectivity index (χ2v) is 7.72. The predicted molar refractivity (Wildman–Crippen MR) is 115 cm³/mol. The maximum Gasteiger partial charge on any atom is 0.283 e. The fraction of sp³-hybridized carbons (Fsp3) is 0.400. The Labute approximate surface area is 186 Å². The van der Waals surface area contributed by atoms with E-state index in [4.69, 9.17) is 4.74 Å². The highest BCUT2D eigenvalue weighted by molar-refractivity contribution is 5.87. The van der Waals surface area contributed by atoms with Crippen LogP contribution in [0.15, 0.2) is 35.4 Å². The number of nitro benzene ring substituents is 1. The summed E-state index contributed by atoms with van der Waals surface area (Å²) < 4.78 is 8.23. The molecule has 0 spiro atoms. The van der Waals surface area contributed by atoms with Gasteiger partial charge in [-0.25, -0.2) is 4.98 Å². The molecule has 1 unspecified atom stereocenters. The number of nitrogens with one attached hydrogen (secondary N) is 1. The number of aliphatic hydroxyl groups excluding tert-OH is 2. The molecule has 1 aliphatic rings. The van der Waals surface area contributed by atoms with Crippen molar-refractivity contribution < 1.29 is 24.7 Å². The molecule has 4 atom stereocenters. The summed E-state index contributed by atoms with van der Waals surface area (Å²) in [7, 11) is 0. The Balaban J connectivity index is 1.88. The van der Waals surface area contributed by atoms with Gasteiger partial charge in [0.1, 0.15) is 12.3 Å². The molecule has 1 aromatic carbocycles. The molecule has 3 N–H and O–H groups in total. The number of carbonyl (C=O) groups excluding carboxylic acids is 1. The lowest BCUT2D eigenvalue weighted by Gasteiger charge is -2.20. The van der Waals surface area contributed by atoms with Crippen LogP contribution < -0.4 is 10.9 Å². The molecule has 0 radical (unpaired) electrons. The van der Waals surface area contributed by atoms with Crippen LogP contribution in [0.25, 0.3) is 11.2 Å². The monoisotopic (exact) mass is 458 g/mol. The number of anilines is 1. The minimum Gasteiger partial charge on any atom is -0.394 e. The van der Waals surface area contributed by atoms with E-state index in [0.717, 1.165) is 4.57 Å². The Morgan fingerprint density at radius 3 is 2.79 bits per heavy atom. The lowest BCUT2D eigenvalue weighted by Crippen LogP contribution is -2.30. The molecule has 0 aliphatic carbocycles. The van der Waals surface area contributed by atoms with Gasteiger partial charge >= 0.3 is 0 Å². The van der Waals surface area contributed by atoms with E-state index in [1.54, 1.807) is 13.0 Å². The number of ether oxygens (including phenoxy) is 1. The fourth-order valence-electron chi connectivity index (χ4n) is 3.99. The Kier molecular flexibility index (Phi) is 5.93. The standard InChI is InChI=1S/C20H22N6O7/c1-10(12-5-3-4-6-13(12)26(31)32)25-19(30)17-18(23-20(25)22-11(2)28)24(9-21-17)16-7-14(29)15(8-27)33-16/h3-6,9-10,14-16,27,29H,7-8H2,1-2H3,(H,22,23,28)/t10?,14-,15+,16+/m0/s1. The number of carbonyl (C=O) groups is 1. The highest BCUT2D eigenvalue weighted by atomic mass is 16.6. The molecule has 2 aromatic heterocycles. The molecule has 1 fully saturated rings. The van der Waals surface area contributed by atoms with Crippen LogP contribution in [-0.2, 0) is 9.53 Å². The second kappa shape index (κ2) is 8.69. The van der Waals surface area contributed by atoms with Crippen molar-refractivity contribution in [1.82, 2.24) is 19.1 Å². The van der Waals surface area contributed by atoms with Crippen LogP contribution in [0, 0.1) is 10.1 Å². The van der Waals surface area contributed by atoms with E-state index in [1.807, 2.05) is 0 Å². The summed E-state index contributed by atoms with van der Waals surface area (Å²) in [6, 6.07) is 5.13. The van der Waals surface area contributed by atoms with Crippen molar-refractivity contribution in [2.75, 3.05) is 11.9 Å². The first-order chi connectivity index (χ1) is 15.7. The summed E-state index contributed by atoms with van der Waals surface area (Å²) in [5.74, 6) is -0.617. The molecule has 0 saturated carbocycles. The highest BCUT2D eigenvalue weighted by Crippen LogP contribution is 2.32. The number of benzene rings is 1. The first-order valence-electron chi connectivity index (χ1n) is 10.2. The quantitative estimate of drug-likeness (QED) is 0.355. The zero-order valence-corrected chi connectivity index (χ0v) is 17.8. The summed E-state index contributed by atoms with van der Waals surface area (Å²) >= 11 is 0. The van der Waals surface area contributed by atoms with Gasteiger partial charge in [0.2, 0.25) is 11.9 Å². The Morgan fingerprint density at radius 2 is 2.15 bits per heavy atom. The number of hydrogen-bond acceptors (Lipinski definition) is 9. The summed E-state index contributed by atoms with van der Waals surface area (Å²) in [5.41, 5.74) is -0.486. The van der Waals surface area contributed by atoms with E-state index in [9.17, 15) is 29.9 Å². The van der Waals surface area contributed by atoms with Crippen LogP contribution in [0.5, 0.6) is 0 Å². The van der Waals surface area contributed by atoms with E-state index in [1.165, 1.54) is 36.0 Å². The topological polar surface area (TPSA) is 175 Å². The van der Waals surface area contributed by atoms with Crippen molar-refractivity contribution in [3.05, 3.63) is 56.6 Å². The summed E-state index contributed by atoms with van der Waals surface area (Å²) in [4.78, 5) is 44.8. The number of imidazole rings is 1. The number of aliphatic hydroxyl groups is 2. The van der Waals surface area contributed by atoms with Crippen molar-refractivity contribution in [3.8, 4) is 0 Å². The highest BCUT2D eigenvalue weighted by Gasteiger charge is 2.36. The van der Waals surface area contributed by atoms with Crippen LogP contribution in [0.1, 0.15) is 38.1 Å². The molecule has 13 nitrogen and oxygen atoms in total. The Hall–Kier alpha value is -3.68. The maximum atomic E-state index is 13.4. The van der Waals surface area contributed by atoms with Crippen molar-refractivity contribution in [2.45, 2.75) is 44.7 Å². The van der Waals surface area contributed by atoms with E-state index in [2.05, 4.69) is 15.3 Å². The largest absolute Gasteiger partial charge is 0.394 e. The van der Waals surface area contributed by atoms with Crippen molar-refractivity contribution in [1.29, 1.82) is 0 Å². The molecule has 3 aromatic rings. The summed E-state index contributed by atoms with van der Waals surface area (Å²) in [6.45, 7) is 2.45. The summed E-state index contributed by atoms with van der Waals surface area (Å²) in [5, 5.41) is 33.4. The number of nitro groups is 1. The average molecular weight is 458 g/mol. The summed E-state index contributed by atoms with van der Waals surface area (Å²) in [6.07, 6.45) is -0.965. The van der Waals surface area contributed by atoms with Gasteiger partial charge in [0, 0.05) is 19.4 Å². The van der Waals surface area contributed by atoms with Gasteiger partial charge in [-0.05, 0) is 6.92 Å². The molecule has 1 amide bonds. The zero-order valence-electron chi connectivity index (χ0n) is 17.8. The number of rotatable bonds is 6. The molecular weight excluding hydrogens is 436 g/mol. The third-order valence-corrected chi connectivity index (χ3v) is 5.58. The maximum absolute atomic E-state index is 13.4. The molecule has 13 heteroatoms. The minimum atomic E-state index is -0.911. The van der Waals surface area contributed by atoms with Gasteiger partial charge in [-0.1, -0.05) is 18.2 Å². The van der Waals surface area contributed by atoms with Crippen molar-refractivity contribution >= 4 is 28.7 Å². The average Bonchev–Trinajstić information content (AvgIpc) is 3.36. The molecule has 33 heavy (non-hydrogen) atoms. The normalized spacial score (nSPS) is 21.3. The van der Waals surface area contributed by atoms with E-state index in [-0.39, 0.29) is 41.4 Å². The Bertz CT molecular complexity index is 1290. The van der Waals surface area contributed by atoms with Gasteiger partial charge in [0.15, 0.2) is 11.2 Å². The van der Waals surface area contributed by atoms with E-state index >= 15 is 0 Å². The first kappa shape index (κ1) is 22.5. The third-order valence-electron chi connectivity index (χ3n) is 5.58. The predicted octanol–water partition coefficient (Wildman–Crippen LogP) is 0.710. The smallest absolute Gasteiger partial charge is 0.283 e. The van der Waals surface area contributed by atoms with Gasteiger partial charge in [-0.3, -0.25) is 34.2 Å².